The molecule has 0 aromatic carbocycles. The first-order valence-corrected chi connectivity index (χ1v) is 7.98. The summed E-state index contributed by atoms with van der Waals surface area (Å²) < 4.78 is 0. The average molecular weight is 288 g/mol. The quantitative estimate of drug-likeness (QED) is 0.503. The van der Waals surface area contributed by atoms with Crippen molar-refractivity contribution in [2.75, 3.05) is 0 Å². The molecule has 0 radical (unpaired) electrons. The molecule has 0 spiro atoms. The first kappa shape index (κ1) is 21.2. The summed E-state index contributed by atoms with van der Waals surface area (Å²) in [5.41, 5.74) is 0. The van der Waals surface area contributed by atoms with Crippen LogP contribution in [0.1, 0.15) is 90.9 Å². The molecule has 0 saturated heterocycles. The zero-order valence-electron chi connectivity index (χ0n) is 13.2. The minimum atomic E-state index is -0.870. The summed E-state index contributed by atoms with van der Waals surface area (Å²) in [5, 5.41) is 16.3. The molecule has 0 aliphatic rings. The van der Waals surface area contributed by atoms with E-state index in [2.05, 4.69) is 13.8 Å². The lowest BCUT2D eigenvalue weighted by Crippen LogP contribution is -1.97. The lowest BCUT2D eigenvalue weighted by atomic mass is 10.1. The Morgan fingerprint density at radius 3 is 1.15 bits per heavy atom. The third-order valence-electron chi connectivity index (χ3n) is 2.99. The molecular formula is C16H32O4. The van der Waals surface area contributed by atoms with Gasteiger partial charge in [-0.3, -0.25) is 9.59 Å². The van der Waals surface area contributed by atoms with E-state index in [0.29, 0.717) is 12.8 Å². The van der Waals surface area contributed by atoms with E-state index in [4.69, 9.17) is 10.2 Å². The van der Waals surface area contributed by atoms with Crippen molar-refractivity contribution < 1.29 is 19.8 Å². The second-order valence-electron chi connectivity index (χ2n) is 5.12. The predicted molar refractivity (Wildman–Crippen MR) is 82.0 cm³/mol. The van der Waals surface area contributed by atoms with Crippen LogP contribution in [0.25, 0.3) is 0 Å². The van der Waals surface area contributed by atoms with Crippen molar-refractivity contribution in [1.29, 1.82) is 0 Å². The number of carboxylic acids is 2. The van der Waals surface area contributed by atoms with Crippen LogP contribution in [0.5, 0.6) is 0 Å². The molecule has 0 atom stereocenters. The van der Waals surface area contributed by atoms with Gasteiger partial charge < -0.3 is 10.2 Å². The number of carbonyl (C=O) groups is 2. The smallest absolute Gasteiger partial charge is 0.303 e. The summed E-state index contributed by atoms with van der Waals surface area (Å²) in [6.45, 7) is 4.54. The standard InChI is InChI=1S/C10H22.C6H10O4/c1-3-5-7-9-10-8-6-4-2;7-5(8)3-1-2-4-6(9)10/h3-10H2,1-2H3;1-4H2,(H,7,8)(H,9,10). The average Bonchev–Trinajstić information content (AvgIpc) is 2.39. The third kappa shape index (κ3) is 25.7. The number of hydrogen-bond acceptors (Lipinski definition) is 2. The number of aliphatic carboxylic acids is 2. The molecule has 4 nitrogen and oxygen atoms in total. The van der Waals surface area contributed by atoms with E-state index in [-0.39, 0.29) is 12.8 Å². The maximum Gasteiger partial charge on any atom is 0.303 e. The van der Waals surface area contributed by atoms with Crippen LogP contribution in [0.2, 0.25) is 0 Å². The van der Waals surface area contributed by atoms with Crippen LogP contribution in [0.4, 0.5) is 0 Å². The first-order chi connectivity index (χ1) is 9.54. The normalized spacial score (nSPS) is 9.70. The lowest BCUT2D eigenvalue weighted by Gasteiger charge is -1.97. The number of rotatable bonds is 12. The minimum Gasteiger partial charge on any atom is -0.481 e. The summed E-state index contributed by atoms with van der Waals surface area (Å²) in [6, 6.07) is 0. The van der Waals surface area contributed by atoms with Gasteiger partial charge in [0.15, 0.2) is 0 Å². The topological polar surface area (TPSA) is 74.6 Å². The fourth-order valence-electron chi connectivity index (χ4n) is 1.76. The van der Waals surface area contributed by atoms with Gasteiger partial charge in [0.1, 0.15) is 0 Å². The van der Waals surface area contributed by atoms with Gasteiger partial charge in [0, 0.05) is 12.8 Å². The summed E-state index contributed by atoms with van der Waals surface area (Å²) in [6.07, 6.45) is 12.5. The maximum atomic E-state index is 9.90. The molecule has 0 amide bonds. The SMILES string of the molecule is CCCCCCCCCC.O=C(O)CCCCC(=O)O. The third-order valence-corrected chi connectivity index (χ3v) is 2.99. The summed E-state index contributed by atoms with van der Waals surface area (Å²) in [5.74, 6) is -1.74. The minimum absolute atomic E-state index is 0.0628. The Kier molecular flexibility index (Phi) is 19.1. The largest absolute Gasteiger partial charge is 0.481 e. The highest BCUT2D eigenvalue weighted by atomic mass is 16.4. The van der Waals surface area contributed by atoms with Crippen LogP contribution in [-0.2, 0) is 9.59 Å². The van der Waals surface area contributed by atoms with Crippen LogP contribution in [-0.4, -0.2) is 22.2 Å². The molecule has 2 N–H and O–H groups in total. The Hall–Kier alpha value is -1.06. The van der Waals surface area contributed by atoms with Crippen LogP contribution >= 0.6 is 0 Å². The Balaban J connectivity index is 0. The zero-order chi connectivity index (χ0) is 15.6. The Morgan fingerprint density at radius 1 is 0.600 bits per heavy atom. The molecule has 0 aliphatic heterocycles. The zero-order valence-corrected chi connectivity index (χ0v) is 13.2. The van der Waals surface area contributed by atoms with E-state index in [9.17, 15) is 9.59 Å². The molecular weight excluding hydrogens is 256 g/mol. The summed E-state index contributed by atoms with van der Waals surface area (Å²) in [4.78, 5) is 19.8. The first-order valence-electron chi connectivity index (χ1n) is 7.98. The van der Waals surface area contributed by atoms with Crippen molar-refractivity contribution in [1.82, 2.24) is 0 Å². The van der Waals surface area contributed by atoms with Gasteiger partial charge in [-0.05, 0) is 12.8 Å². The molecule has 0 fully saturated rings. The van der Waals surface area contributed by atoms with E-state index < -0.39 is 11.9 Å². The van der Waals surface area contributed by atoms with Crippen molar-refractivity contribution >= 4 is 11.9 Å². The fraction of sp³-hybridized carbons (Fsp3) is 0.875. The van der Waals surface area contributed by atoms with E-state index in [1.54, 1.807) is 0 Å². The van der Waals surface area contributed by atoms with Gasteiger partial charge in [-0.2, -0.15) is 0 Å². The molecule has 0 aliphatic carbocycles. The van der Waals surface area contributed by atoms with Crippen molar-refractivity contribution in [2.24, 2.45) is 0 Å². The van der Waals surface area contributed by atoms with E-state index in [1.165, 1.54) is 51.4 Å². The van der Waals surface area contributed by atoms with E-state index in [0.717, 1.165) is 0 Å². The molecule has 0 aromatic heterocycles. The summed E-state index contributed by atoms with van der Waals surface area (Å²) >= 11 is 0. The van der Waals surface area contributed by atoms with Crippen molar-refractivity contribution in [3.63, 3.8) is 0 Å². The number of unbranched alkanes of at least 4 members (excludes halogenated alkanes) is 8. The molecule has 0 rings (SSSR count). The molecule has 0 saturated carbocycles. The lowest BCUT2D eigenvalue weighted by molar-refractivity contribution is -0.139. The van der Waals surface area contributed by atoms with Gasteiger partial charge in [0.25, 0.3) is 0 Å². The Morgan fingerprint density at radius 2 is 0.900 bits per heavy atom. The second kappa shape index (κ2) is 17.9. The molecule has 0 heterocycles. The van der Waals surface area contributed by atoms with Crippen LogP contribution in [0.15, 0.2) is 0 Å². The number of hydrogen-bond donors (Lipinski definition) is 2. The van der Waals surface area contributed by atoms with Gasteiger partial charge >= 0.3 is 11.9 Å². The summed E-state index contributed by atoms with van der Waals surface area (Å²) in [7, 11) is 0. The highest BCUT2D eigenvalue weighted by molar-refractivity contribution is 5.67. The monoisotopic (exact) mass is 288 g/mol. The van der Waals surface area contributed by atoms with E-state index in [1.807, 2.05) is 0 Å². The van der Waals surface area contributed by atoms with Gasteiger partial charge in [0.05, 0.1) is 0 Å². The Bertz CT molecular complexity index is 203. The predicted octanol–water partition coefficient (Wildman–Crippen LogP) is 4.86. The van der Waals surface area contributed by atoms with Crippen LogP contribution in [0.3, 0.4) is 0 Å². The molecule has 0 unspecified atom stereocenters. The molecule has 0 aromatic rings. The maximum absolute atomic E-state index is 9.90. The van der Waals surface area contributed by atoms with Crippen LogP contribution < -0.4 is 0 Å². The van der Waals surface area contributed by atoms with Crippen molar-refractivity contribution in [2.45, 2.75) is 90.9 Å². The van der Waals surface area contributed by atoms with E-state index >= 15 is 0 Å². The van der Waals surface area contributed by atoms with Crippen molar-refractivity contribution in [3.8, 4) is 0 Å². The molecule has 0 bridgehead atoms. The molecule has 20 heavy (non-hydrogen) atoms. The Labute approximate surface area is 123 Å². The highest BCUT2D eigenvalue weighted by Crippen LogP contribution is 2.07. The second-order valence-corrected chi connectivity index (χ2v) is 5.12. The van der Waals surface area contributed by atoms with Gasteiger partial charge in [0.2, 0.25) is 0 Å². The molecule has 4 heteroatoms. The van der Waals surface area contributed by atoms with Crippen molar-refractivity contribution in [3.05, 3.63) is 0 Å². The molecule has 120 valence electrons. The van der Waals surface area contributed by atoms with Crippen LogP contribution in [0, 0.1) is 0 Å². The fourth-order valence-corrected chi connectivity index (χ4v) is 1.76. The van der Waals surface area contributed by atoms with Gasteiger partial charge in [-0.1, -0.05) is 65.2 Å². The highest BCUT2D eigenvalue weighted by Gasteiger charge is 1.99. The number of carboxylic acid groups (broad SMARTS) is 2. The van der Waals surface area contributed by atoms with Gasteiger partial charge in [-0.25, -0.2) is 0 Å². The van der Waals surface area contributed by atoms with Gasteiger partial charge in [-0.15, -0.1) is 0 Å².